The van der Waals surface area contributed by atoms with E-state index in [1.165, 1.54) is 4.68 Å². The standard InChI is InChI=1S/C17H24ClN5O3/c1-9-12(11(3)26-21-9)7-23-6-5-13(14(24)8-23)19-17(25)16-15(18)10(2)20-22(16)4/h13-14,24H,5-8H2,1-4H3,(H,19,25)/t13-,14-/m1/s1. The molecule has 0 unspecified atom stereocenters. The highest BCUT2D eigenvalue weighted by Gasteiger charge is 2.31. The van der Waals surface area contributed by atoms with E-state index in [1.807, 2.05) is 13.8 Å². The van der Waals surface area contributed by atoms with Crippen LogP contribution in [0.5, 0.6) is 0 Å². The van der Waals surface area contributed by atoms with Crippen molar-refractivity contribution in [1.29, 1.82) is 0 Å². The van der Waals surface area contributed by atoms with E-state index in [0.29, 0.717) is 35.9 Å². The molecule has 9 heteroatoms. The lowest BCUT2D eigenvalue weighted by Gasteiger charge is -2.36. The molecule has 0 saturated carbocycles. The molecule has 1 saturated heterocycles. The summed E-state index contributed by atoms with van der Waals surface area (Å²) in [7, 11) is 1.68. The topological polar surface area (TPSA) is 96.4 Å². The van der Waals surface area contributed by atoms with E-state index in [0.717, 1.165) is 23.6 Å². The van der Waals surface area contributed by atoms with Crippen molar-refractivity contribution in [2.24, 2.45) is 7.05 Å². The first-order chi connectivity index (χ1) is 12.3. The fraction of sp³-hybridized carbons (Fsp3) is 0.588. The fourth-order valence-corrected chi connectivity index (χ4v) is 3.62. The summed E-state index contributed by atoms with van der Waals surface area (Å²) in [4.78, 5) is 14.7. The Kier molecular flexibility index (Phi) is 5.36. The Labute approximate surface area is 157 Å². The number of piperidine rings is 1. The van der Waals surface area contributed by atoms with Crippen molar-refractivity contribution in [2.75, 3.05) is 13.1 Å². The van der Waals surface area contributed by atoms with Crippen molar-refractivity contribution in [3.05, 3.63) is 33.4 Å². The number of likely N-dealkylation sites (tertiary alicyclic amines) is 1. The van der Waals surface area contributed by atoms with Gasteiger partial charge in [-0.15, -0.1) is 0 Å². The van der Waals surface area contributed by atoms with Crippen molar-refractivity contribution in [2.45, 2.75) is 45.9 Å². The first kappa shape index (κ1) is 18.9. The largest absolute Gasteiger partial charge is 0.390 e. The molecule has 1 aliphatic heterocycles. The number of nitrogens with zero attached hydrogens (tertiary/aromatic N) is 4. The molecule has 8 nitrogen and oxygen atoms in total. The van der Waals surface area contributed by atoms with Gasteiger partial charge in [0.1, 0.15) is 11.5 Å². The molecular weight excluding hydrogens is 358 g/mol. The van der Waals surface area contributed by atoms with Crippen molar-refractivity contribution in [3.8, 4) is 0 Å². The van der Waals surface area contributed by atoms with Gasteiger partial charge >= 0.3 is 0 Å². The number of aromatic nitrogens is 3. The van der Waals surface area contributed by atoms with Crippen LogP contribution in [0, 0.1) is 20.8 Å². The molecule has 2 aromatic rings. The van der Waals surface area contributed by atoms with Gasteiger partial charge in [0.25, 0.3) is 5.91 Å². The summed E-state index contributed by atoms with van der Waals surface area (Å²) in [5.41, 5.74) is 2.84. The monoisotopic (exact) mass is 381 g/mol. The van der Waals surface area contributed by atoms with Crippen LogP contribution >= 0.6 is 11.6 Å². The van der Waals surface area contributed by atoms with Crippen LogP contribution in [-0.2, 0) is 13.6 Å². The number of amides is 1. The zero-order chi connectivity index (χ0) is 19.0. The maximum Gasteiger partial charge on any atom is 0.271 e. The SMILES string of the molecule is Cc1nn(C)c(C(=O)N[C@@H]2CCN(Cc3c(C)noc3C)C[C@H]2O)c1Cl. The number of carbonyl (C=O) groups excluding carboxylic acids is 1. The van der Waals surface area contributed by atoms with Gasteiger partial charge in [-0.25, -0.2) is 0 Å². The van der Waals surface area contributed by atoms with Crippen molar-refractivity contribution >= 4 is 17.5 Å². The number of aliphatic hydroxyl groups excluding tert-OH is 1. The number of hydrogen-bond donors (Lipinski definition) is 2. The highest BCUT2D eigenvalue weighted by atomic mass is 35.5. The molecule has 3 heterocycles. The number of hydrogen-bond acceptors (Lipinski definition) is 6. The minimum Gasteiger partial charge on any atom is -0.390 e. The molecule has 0 radical (unpaired) electrons. The summed E-state index contributed by atoms with van der Waals surface area (Å²) in [5, 5.41) is 21.8. The summed E-state index contributed by atoms with van der Waals surface area (Å²) in [5.74, 6) is 0.481. The summed E-state index contributed by atoms with van der Waals surface area (Å²) in [6.07, 6.45) is -0.0219. The predicted molar refractivity (Wildman–Crippen MR) is 96.1 cm³/mol. The Morgan fingerprint density at radius 1 is 1.38 bits per heavy atom. The van der Waals surface area contributed by atoms with E-state index in [-0.39, 0.29) is 11.9 Å². The normalized spacial score (nSPS) is 21.2. The third kappa shape index (κ3) is 3.62. The van der Waals surface area contributed by atoms with Crippen LogP contribution in [0.2, 0.25) is 5.02 Å². The van der Waals surface area contributed by atoms with Gasteiger partial charge in [-0.3, -0.25) is 14.4 Å². The van der Waals surface area contributed by atoms with Crippen LogP contribution in [0.15, 0.2) is 4.52 Å². The van der Waals surface area contributed by atoms with E-state index in [2.05, 4.69) is 20.5 Å². The van der Waals surface area contributed by atoms with Crippen LogP contribution in [0.4, 0.5) is 0 Å². The minimum absolute atomic E-state index is 0.314. The molecule has 26 heavy (non-hydrogen) atoms. The molecule has 1 aliphatic rings. The molecule has 1 amide bonds. The predicted octanol–water partition coefficient (Wildman–Crippen LogP) is 1.35. The van der Waals surface area contributed by atoms with Gasteiger partial charge < -0.3 is 14.9 Å². The zero-order valence-corrected chi connectivity index (χ0v) is 16.2. The van der Waals surface area contributed by atoms with E-state index < -0.39 is 6.10 Å². The number of β-amino-alcohol motifs (C(OH)–C–C–N with tert-alkyl or cyclic N) is 1. The maximum atomic E-state index is 12.5. The third-order valence-electron chi connectivity index (χ3n) is 4.91. The third-order valence-corrected chi connectivity index (χ3v) is 5.36. The lowest BCUT2D eigenvalue weighted by atomic mass is 10.0. The Bertz CT molecular complexity index is 796. The quantitative estimate of drug-likeness (QED) is 0.829. The minimum atomic E-state index is -0.665. The first-order valence-electron chi connectivity index (χ1n) is 8.60. The van der Waals surface area contributed by atoms with E-state index in [4.69, 9.17) is 16.1 Å². The van der Waals surface area contributed by atoms with Gasteiger partial charge in [0.2, 0.25) is 0 Å². The zero-order valence-electron chi connectivity index (χ0n) is 15.4. The van der Waals surface area contributed by atoms with Crippen LogP contribution in [0.3, 0.4) is 0 Å². The number of aliphatic hydroxyl groups is 1. The number of halogens is 1. The molecule has 0 aromatic carbocycles. The smallest absolute Gasteiger partial charge is 0.271 e. The van der Waals surface area contributed by atoms with Gasteiger partial charge in [-0.1, -0.05) is 16.8 Å². The van der Waals surface area contributed by atoms with Crippen LogP contribution in [-0.4, -0.2) is 56.1 Å². The maximum absolute atomic E-state index is 12.5. The van der Waals surface area contributed by atoms with E-state index in [9.17, 15) is 9.90 Å². The molecular formula is C17H24ClN5O3. The lowest BCUT2D eigenvalue weighted by molar-refractivity contribution is 0.0345. The number of carbonyl (C=O) groups is 1. The molecule has 2 aromatic heterocycles. The van der Waals surface area contributed by atoms with Crippen LogP contribution in [0.25, 0.3) is 0 Å². The Morgan fingerprint density at radius 3 is 2.65 bits per heavy atom. The van der Waals surface area contributed by atoms with Crippen molar-refractivity contribution in [1.82, 2.24) is 25.2 Å². The molecule has 1 fully saturated rings. The number of aryl methyl sites for hydroxylation is 4. The summed E-state index contributed by atoms with van der Waals surface area (Å²) >= 11 is 6.17. The Balaban J connectivity index is 1.61. The van der Waals surface area contributed by atoms with Gasteiger partial charge in [0.05, 0.1) is 28.6 Å². The average molecular weight is 382 g/mol. The van der Waals surface area contributed by atoms with Crippen LogP contribution in [0.1, 0.15) is 39.6 Å². The Morgan fingerprint density at radius 2 is 2.12 bits per heavy atom. The highest BCUT2D eigenvalue weighted by Crippen LogP contribution is 2.21. The molecule has 0 aliphatic carbocycles. The second-order valence-corrected chi connectivity index (χ2v) is 7.22. The van der Waals surface area contributed by atoms with Crippen LogP contribution < -0.4 is 5.32 Å². The summed E-state index contributed by atoms with van der Waals surface area (Å²) in [6, 6.07) is -0.324. The van der Waals surface area contributed by atoms with Gasteiger partial charge in [-0.2, -0.15) is 5.10 Å². The second-order valence-electron chi connectivity index (χ2n) is 6.85. The first-order valence-corrected chi connectivity index (χ1v) is 8.97. The van der Waals surface area contributed by atoms with Gasteiger partial charge in [0.15, 0.2) is 0 Å². The number of rotatable bonds is 4. The molecule has 142 valence electrons. The Hall–Kier alpha value is -1.90. The molecule has 2 atom stereocenters. The van der Waals surface area contributed by atoms with Crippen molar-refractivity contribution in [3.63, 3.8) is 0 Å². The molecule has 3 rings (SSSR count). The molecule has 2 N–H and O–H groups in total. The lowest BCUT2D eigenvalue weighted by Crippen LogP contribution is -2.54. The highest BCUT2D eigenvalue weighted by molar-refractivity contribution is 6.34. The fourth-order valence-electron chi connectivity index (χ4n) is 3.38. The van der Waals surface area contributed by atoms with Gasteiger partial charge in [0, 0.05) is 32.2 Å². The molecule has 0 spiro atoms. The summed E-state index contributed by atoms with van der Waals surface area (Å²) < 4.78 is 6.66. The number of nitrogens with one attached hydrogen (secondary N) is 1. The molecule has 0 bridgehead atoms. The van der Waals surface area contributed by atoms with E-state index in [1.54, 1.807) is 14.0 Å². The summed E-state index contributed by atoms with van der Waals surface area (Å²) in [6.45, 7) is 7.44. The van der Waals surface area contributed by atoms with Crippen molar-refractivity contribution < 1.29 is 14.4 Å². The second kappa shape index (κ2) is 7.38. The van der Waals surface area contributed by atoms with Gasteiger partial charge in [-0.05, 0) is 27.2 Å². The van der Waals surface area contributed by atoms with E-state index >= 15 is 0 Å². The average Bonchev–Trinajstić information content (AvgIpc) is 3.02.